The lowest BCUT2D eigenvalue weighted by Crippen LogP contribution is -2.54. The van der Waals surface area contributed by atoms with Gasteiger partial charge in [-0.25, -0.2) is 24.2 Å². The number of alkyl halides is 6. The van der Waals surface area contributed by atoms with Crippen LogP contribution in [0.3, 0.4) is 0 Å². The lowest BCUT2D eigenvalue weighted by atomic mass is 9.89. The van der Waals surface area contributed by atoms with E-state index >= 15 is 0 Å². The van der Waals surface area contributed by atoms with Crippen molar-refractivity contribution in [3.05, 3.63) is 73.4 Å². The molecule has 2 aromatic heterocycles. The largest absolute Gasteiger partial charge is 0.490 e. The summed E-state index contributed by atoms with van der Waals surface area (Å²) < 4.78 is 71.3. The minimum Gasteiger partial charge on any atom is -0.475 e. The molecule has 12 nitrogen and oxygen atoms in total. The van der Waals surface area contributed by atoms with Crippen LogP contribution in [0.25, 0.3) is 17.0 Å². The predicted molar refractivity (Wildman–Crippen MR) is 169 cm³/mol. The van der Waals surface area contributed by atoms with Crippen molar-refractivity contribution in [3.8, 4) is 17.0 Å². The van der Waals surface area contributed by atoms with Gasteiger partial charge >= 0.3 is 24.3 Å². The topological polar surface area (TPSA) is 159 Å². The van der Waals surface area contributed by atoms with Crippen LogP contribution < -0.4 is 15.5 Å². The zero-order chi connectivity index (χ0) is 36.3. The van der Waals surface area contributed by atoms with E-state index in [9.17, 15) is 26.3 Å². The van der Waals surface area contributed by atoms with Crippen LogP contribution in [0, 0.1) is 0 Å². The monoisotopic (exact) mass is 711 g/mol. The van der Waals surface area contributed by atoms with Crippen molar-refractivity contribution in [3.63, 3.8) is 0 Å². The number of nitrogens with zero attached hydrogens (tertiary/aromatic N) is 5. The molecule has 0 unspecified atom stereocenters. The smallest absolute Gasteiger partial charge is 0.475 e. The number of hydrogen-bond acceptors (Lipinski definition) is 9. The summed E-state index contributed by atoms with van der Waals surface area (Å²) in [5.74, 6) is -4.71. The number of nitrogens with one attached hydrogen (secondary N) is 2. The van der Waals surface area contributed by atoms with Gasteiger partial charge in [0.2, 0.25) is 0 Å². The number of aliphatic carboxylic acids is 2. The normalized spacial score (nSPS) is 19.3. The molecule has 3 heterocycles. The van der Waals surface area contributed by atoms with Gasteiger partial charge in [-0.15, -0.1) is 0 Å². The van der Waals surface area contributed by atoms with Crippen molar-refractivity contribution >= 4 is 23.6 Å². The second-order valence-corrected chi connectivity index (χ2v) is 11.5. The second-order valence-electron chi connectivity index (χ2n) is 11.5. The zero-order valence-electron chi connectivity index (χ0n) is 26.4. The third kappa shape index (κ3) is 11.2. The van der Waals surface area contributed by atoms with E-state index in [1.807, 2.05) is 36.5 Å². The molecule has 1 saturated heterocycles. The van der Waals surface area contributed by atoms with Crippen LogP contribution in [0.5, 0.6) is 0 Å². The molecule has 1 saturated carbocycles. The van der Waals surface area contributed by atoms with Crippen LogP contribution in [0.1, 0.15) is 38.5 Å². The number of piperidine rings is 1. The predicted octanol–water partition coefficient (Wildman–Crippen LogP) is 6.17. The van der Waals surface area contributed by atoms with Gasteiger partial charge in [0.15, 0.2) is 5.76 Å². The van der Waals surface area contributed by atoms with Crippen LogP contribution in [0.4, 0.5) is 38.0 Å². The SMILES string of the molecule is O=C(O)C(F)(F)F.O=C(O)C(F)(F)F.c1ccc(-c2cnc(N[C@@H]3CCCC[C@H]3N[C@H]3CCCN(c4ccc(-n5cncn5)cc4)C3)o2)cc1. The fourth-order valence-electron chi connectivity index (χ4n) is 5.55. The molecule has 2 aliphatic rings. The van der Waals surface area contributed by atoms with Gasteiger partial charge in [-0.2, -0.15) is 31.4 Å². The first kappa shape index (κ1) is 37.7. The van der Waals surface area contributed by atoms with Crippen molar-refractivity contribution in [2.24, 2.45) is 0 Å². The summed E-state index contributed by atoms with van der Waals surface area (Å²) in [5, 5.41) is 26.1. The lowest BCUT2D eigenvalue weighted by Gasteiger charge is -2.40. The van der Waals surface area contributed by atoms with Crippen LogP contribution in [0.2, 0.25) is 0 Å². The van der Waals surface area contributed by atoms with Crippen LogP contribution >= 0.6 is 0 Å². The molecule has 50 heavy (non-hydrogen) atoms. The fraction of sp³-hybridized carbons (Fsp3) is 0.406. The fourth-order valence-corrected chi connectivity index (χ4v) is 5.55. The van der Waals surface area contributed by atoms with Crippen LogP contribution in [0.15, 0.2) is 77.9 Å². The molecule has 2 aromatic carbocycles. The molecule has 0 bridgehead atoms. The number of halogens is 6. The molecular weight excluding hydrogens is 676 g/mol. The van der Waals surface area contributed by atoms with E-state index in [2.05, 4.69) is 54.9 Å². The number of hydrogen-bond donors (Lipinski definition) is 4. The molecule has 18 heteroatoms. The van der Waals surface area contributed by atoms with E-state index in [1.165, 1.54) is 37.8 Å². The molecule has 4 N–H and O–H groups in total. The molecule has 270 valence electrons. The minimum absolute atomic E-state index is 0.318. The minimum atomic E-state index is -5.08. The van der Waals surface area contributed by atoms with Crippen LogP contribution in [-0.4, -0.2) is 85.5 Å². The Morgan fingerprint density at radius 3 is 2.00 bits per heavy atom. The van der Waals surface area contributed by atoms with E-state index in [4.69, 9.17) is 24.2 Å². The Labute approximate surface area is 282 Å². The number of carbonyl (C=O) groups is 2. The lowest BCUT2D eigenvalue weighted by molar-refractivity contribution is -0.193. The summed E-state index contributed by atoms with van der Waals surface area (Å²) in [4.78, 5) is 28.9. The highest BCUT2D eigenvalue weighted by molar-refractivity contribution is 5.73. The number of anilines is 2. The third-order valence-corrected chi connectivity index (χ3v) is 7.89. The quantitative estimate of drug-likeness (QED) is 0.163. The Kier molecular flexibility index (Phi) is 12.8. The molecule has 0 spiro atoms. The maximum absolute atomic E-state index is 10.6. The zero-order valence-corrected chi connectivity index (χ0v) is 26.4. The number of carboxylic acid groups (broad SMARTS) is 2. The van der Waals surface area contributed by atoms with Gasteiger partial charge < -0.3 is 30.2 Å². The average molecular weight is 712 g/mol. The van der Waals surface area contributed by atoms with E-state index in [1.54, 1.807) is 17.3 Å². The Morgan fingerprint density at radius 2 is 1.42 bits per heavy atom. The summed E-state index contributed by atoms with van der Waals surface area (Å²) >= 11 is 0. The first-order chi connectivity index (χ1) is 23.7. The number of benzene rings is 2. The second kappa shape index (κ2) is 17.0. The van der Waals surface area contributed by atoms with Gasteiger partial charge in [0.05, 0.1) is 11.9 Å². The molecule has 1 aliphatic heterocycles. The highest BCUT2D eigenvalue weighted by Crippen LogP contribution is 2.28. The van der Waals surface area contributed by atoms with Crippen molar-refractivity contribution in [1.29, 1.82) is 0 Å². The molecule has 2 fully saturated rings. The summed E-state index contributed by atoms with van der Waals surface area (Å²) in [5.41, 5.74) is 3.34. The highest BCUT2D eigenvalue weighted by Gasteiger charge is 2.39. The Morgan fingerprint density at radius 1 is 0.820 bits per heavy atom. The number of rotatable bonds is 7. The first-order valence-electron chi connectivity index (χ1n) is 15.5. The molecule has 3 atom stereocenters. The number of aromatic nitrogens is 4. The average Bonchev–Trinajstić information content (AvgIpc) is 3.80. The van der Waals surface area contributed by atoms with Crippen molar-refractivity contribution in [2.75, 3.05) is 23.3 Å². The van der Waals surface area contributed by atoms with E-state index in [-0.39, 0.29) is 0 Å². The number of carboxylic acids is 2. The van der Waals surface area contributed by atoms with E-state index in [0.717, 1.165) is 36.5 Å². The van der Waals surface area contributed by atoms with E-state index in [0.29, 0.717) is 24.1 Å². The standard InChI is InChI=1S/C28H33N7O.2C2HF3O2/c1-2-7-21(8-3-1)27-17-30-28(36-27)33-26-11-5-4-10-25(26)32-22-9-6-16-34(18-22)23-12-14-24(15-13-23)35-20-29-19-31-35;2*3-2(4,5)1(6)7/h1-3,7-8,12-15,17,19-20,22,25-26,32H,4-6,9-11,16,18H2,(H,30,33);2*(H,6,7)/t22-,25+,26+;;/m0../s1. The van der Waals surface area contributed by atoms with Gasteiger partial charge in [-0.1, -0.05) is 43.2 Å². The Hall–Kier alpha value is -5.13. The molecule has 0 radical (unpaired) electrons. The molecule has 4 aromatic rings. The van der Waals surface area contributed by atoms with Crippen LogP contribution in [-0.2, 0) is 9.59 Å². The summed E-state index contributed by atoms with van der Waals surface area (Å²) in [6.45, 7) is 2.11. The number of oxazole rings is 1. The first-order valence-corrected chi connectivity index (χ1v) is 15.5. The maximum Gasteiger partial charge on any atom is 0.490 e. The molecule has 0 amide bonds. The Balaban J connectivity index is 0.000000340. The van der Waals surface area contributed by atoms with Gasteiger partial charge in [0, 0.05) is 42.5 Å². The summed E-state index contributed by atoms with van der Waals surface area (Å²) in [7, 11) is 0. The molecule has 1 aliphatic carbocycles. The third-order valence-electron chi connectivity index (χ3n) is 7.89. The van der Waals surface area contributed by atoms with Gasteiger partial charge in [-0.05, 0) is 49.9 Å². The van der Waals surface area contributed by atoms with Gasteiger partial charge in [0.1, 0.15) is 12.7 Å². The molecular formula is C32H35F6N7O5. The van der Waals surface area contributed by atoms with Crippen molar-refractivity contribution in [1.82, 2.24) is 25.1 Å². The van der Waals surface area contributed by atoms with Crippen molar-refractivity contribution in [2.45, 2.75) is 69.0 Å². The van der Waals surface area contributed by atoms with Crippen molar-refractivity contribution < 1.29 is 50.6 Å². The van der Waals surface area contributed by atoms with Gasteiger partial charge in [-0.3, -0.25) is 0 Å². The summed E-state index contributed by atoms with van der Waals surface area (Å²) in [6.07, 6.45) is 2.12. The van der Waals surface area contributed by atoms with Gasteiger partial charge in [0.25, 0.3) is 6.01 Å². The Bertz CT molecular complexity index is 1610. The molecule has 6 rings (SSSR count). The van der Waals surface area contributed by atoms with E-state index < -0.39 is 24.3 Å². The highest BCUT2D eigenvalue weighted by atomic mass is 19.4. The maximum atomic E-state index is 10.6. The summed E-state index contributed by atoms with van der Waals surface area (Å²) in [6, 6.07) is 20.6.